The molecule has 1 N–H and O–H groups in total. The molecule has 0 spiro atoms. The molecule has 0 saturated heterocycles. The van der Waals surface area contributed by atoms with Crippen LogP contribution < -0.4 is 10.1 Å². The van der Waals surface area contributed by atoms with E-state index < -0.39 is 4.92 Å². The zero-order valence-electron chi connectivity index (χ0n) is 15.0. The molecule has 0 aliphatic rings. The van der Waals surface area contributed by atoms with Gasteiger partial charge in [-0.05, 0) is 48.0 Å². The van der Waals surface area contributed by atoms with Crippen LogP contribution in [0.5, 0.6) is 5.75 Å². The van der Waals surface area contributed by atoms with Crippen LogP contribution in [0.25, 0.3) is 17.4 Å². The molecule has 0 saturated carbocycles. The predicted octanol–water partition coefficient (Wildman–Crippen LogP) is 3.59. The summed E-state index contributed by atoms with van der Waals surface area (Å²) < 4.78 is 10.4. The van der Waals surface area contributed by atoms with Gasteiger partial charge in [0.05, 0.1) is 18.6 Å². The van der Waals surface area contributed by atoms with Gasteiger partial charge in [0, 0.05) is 29.8 Å². The summed E-state index contributed by atoms with van der Waals surface area (Å²) in [6.45, 7) is 0.211. The van der Waals surface area contributed by atoms with Crippen molar-refractivity contribution in [2.75, 3.05) is 7.11 Å². The maximum Gasteiger partial charge on any atom is 0.269 e. The Labute approximate surface area is 160 Å². The predicted molar refractivity (Wildman–Crippen MR) is 102 cm³/mol. The number of nitrogens with zero attached hydrogens (tertiary/aromatic N) is 2. The summed E-state index contributed by atoms with van der Waals surface area (Å²) in [7, 11) is 1.60. The highest BCUT2D eigenvalue weighted by atomic mass is 16.6. The number of nitro benzene ring substituents is 1. The number of amides is 1. The summed E-state index contributed by atoms with van der Waals surface area (Å²) in [5.74, 6) is 1.02. The molecule has 3 aromatic rings. The van der Waals surface area contributed by atoms with Crippen molar-refractivity contribution in [1.82, 2.24) is 10.5 Å². The second kappa shape index (κ2) is 8.63. The van der Waals surface area contributed by atoms with E-state index in [2.05, 4.69) is 10.5 Å². The lowest BCUT2D eigenvalue weighted by Crippen LogP contribution is -2.20. The topological polar surface area (TPSA) is 108 Å². The van der Waals surface area contributed by atoms with E-state index in [0.29, 0.717) is 17.0 Å². The average Bonchev–Trinajstić information content (AvgIpc) is 3.20. The number of aromatic nitrogens is 1. The van der Waals surface area contributed by atoms with Gasteiger partial charge in [0.1, 0.15) is 11.4 Å². The monoisotopic (exact) mass is 379 g/mol. The number of non-ortho nitro benzene ring substituents is 1. The SMILES string of the molecule is COc1ccc(-c2cc(CNC(=O)/C=C\c3ccc([N+](=O)[O-])cc3)no2)cc1. The van der Waals surface area contributed by atoms with Crippen LogP contribution in [0.1, 0.15) is 11.3 Å². The molecule has 8 heteroatoms. The molecule has 0 radical (unpaired) electrons. The first-order valence-corrected chi connectivity index (χ1v) is 8.35. The minimum atomic E-state index is -0.474. The highest BCUT2D eigenvalue weighted by Crippen LogP contribution is 2.23. The normalized spacial score (nSPS) is 10.8. The molecule has 0 aliphatic heterocycles. The van der Waals surface area contributed by atoms with Crippen molar-refractivity contribution in [3.63, 3.8) is 0 Å². The van der Waals surface area contributed by atoms with Gasteiger partial charge >= 0.3 is 0 Å². The zero-order chi connectivity index (χ0) is 19.9. The third kappa shape index (κ3) is 4.82. The molecule has 3 rings (SSSR count). The van der Waals surface area contributed by atoms with E-state index in [1.165, 1.54) is 18.2 Å². The van der Waals surface area contributed by atoms with Crippen LogP contribution in [-0.4, -0.2) is 23.1 Å². The number of benzene rings is 2. The van der Waals surface area contributed by atoms with E-state index in [-0.39, 0.29) is 18.1 Å². The second-order valence-electron chi connectivity index (χ2n) is 5.81. The van der Waals surface area contributed by atoms with E-state index in [4.69, 9.17) is 9.26 Å². The highest BCUT2D eigenvalue weighted by molar-refractivity contribution is 5.91. The minimum Gasteiger partial charge on any atom is -0.497 e. The molecule has 0 bridgehead atoms. The van der Waals surface area contributed by atoms with E-state index in [1.54, 1.807) is 31.4 Å². The summed E-state index contributed by atoms with van der Waals surface area (Å²) in [5.41, 5.74) is 2.12. The maximum absolute atomic E-state index is 11.9. The summed E-state index contributed by atoms with van der Waals surface area (Å²) >= 11 is 0. The average molecular weight is 379 g/mol. The van der Waals surface area contributed by atoms with Crippen molar-refractivity contribution in [3.05, 3.63) is 82.0 Å². The van der Waals surface area contributed by atoms with Crippen LogP contribution in [0.2, 0.25) is 0 Å². The first kappa shape index (κ1) is 18.8. The lowest BCUT2D eigenvalue weighted by atomic mass is 10.1. The van der Waals surface area contributed by atoms with Gasteiger partial charge in [-0.25, -0.2) is 0 Å². The fourth-order valence-corrected chi connectivity index (χ4v) is 2.40. The van der Waals surface area contributed by atoms with Crippen molar-refractivity contribution >= 4 is 17.7 Å². The fraction of sp³-hybridized carbons (Fsp3) is 0.100. The Morgan fingerprint density at radius 2 is 1.93 bits per heavy atom. The number of ether oxygens (including phenoxy) is 1. The molecule has 0 atom stereocenters. The van der Waals surface area contributed by atoms with Gasteiger partial charge in [-0.1, -0.05) is 5.16 Å². The molecule has 2 aromatic carbocycles. The van der Waals surface area contributed by atoms with Gasteiger partial charge in [-0.2, -0.15) is 0 Å². The van der Waals surface area contributed by atoms with E-state index in [9.17, 15) is 14.9 Å². The van der Waals surface area contributed by atoms with E-state index in [1.807, 2.05) is 24.3 Å². The summed E-state index contributed by atoms with van der Waals surface area (Å²) in [6.07, 6.45) is 2.93. The number of nitrogens with one attached hydrogen (secondary N) is 1. The van der Waals surface area contributed by atoms with Crippen molar-refractivity contribution in [3.8, 4) is 17.1 Å². The Balaban J connectivity index is 1.54. The van der Waals surface area contributed by atoms with Crippen LogP contribution in [0.4, 0.5) is 5.69 Å². The molecular weight excluding hydrogens is 362 g/mol. The standard InChI is InChI=1S/C20H17N3O5/c1-27-18-9-5-15(6-10-18)19-12-16(22-28-19)13-21-20(24)11-4-14-2-7-17(8-3-14)23(25)26/h2-12H,13H2,1H3,(H,21,24)/b11-4-. The Morgan fingerprint density at radius 1 is 1.21 bits per heavy atom. The lowest BCUT2D eigenvalue weighted by Gasteiger charge is -1.99. The smallest absolute Gasteiger partial charge is 0.269 e. The van der Waals surface area contributed by atoms with Gasteiger partial charge < -0.3 is 14.6 Å². The number of methoxy groups -OCH3 is 1. The Hall–Kier alpha value is -3.94. The fourth-order valence-electron chi connectivity index (χ4n) is 2.40. The molecule has 1 heterocycles. The molecule has 28 heavy (non-hydrogen) atoms. The van der Waals surface area contributed by atoms with Crippen molar-refractivity contribution < 1.29 is 19.0 Å². The maximum atomic E-state index is 11.9. The van der Waals surface area contributed by atoms with E-state index in [0.717, 1.165) is 11.3 Å². The first-order chi connectivity index (χ1) is 13.5. The minimum absolute atomic E-state index is 0.000276. The summed E-state index contributed by atoms with van der Waals surface area (Å²) in [6, 6.07) is 15.0. The van der Waals surface area contributed by atoms with Gasteiger partial charge in [0.25, 0.3) is 5.69 Å². The van der Waals surface area contributed by atoms with Crippen molar-refractivity contribution in [2.45, 2.75) is 6.54 Å². The quantitative estimate of drug-likeness (QED) is 0.382. The largest absolute Gasteiger partial charge is 0.497 e. The molecule has 1 aromatic heterocycles. The molecule has 1 amide bonds. The molecular formula is C20H17N3O5. The van der Waals surface area contributed by atoms with Crippen LogP contribution in [0, 0.1) is 10.1 Å². The molecule has 0 unspecified atom stereocenters. The van der Waals surface area contributed by atoms with Crippen molar-refractivity contribution in [2.24, 2.45) is 0 Å². The Morgan fingerprint density at radius 3 is 2.57 bits per heavy atom. The number of hydrogen-bond donors (Lipinski definition) is 1. The van der Waals surface area contributed by atoms with Gasteiger partial charge in [-0.3, -0.25) is 14.9 Å². The molecule has 8 nitrogen and oxygen atoms in total. The van der Waals surface area contributed by atoms with Crippen molar-refractivity contribution in [1.29, 1.82) is 0 Å². The Kier molecular flexibility index (Phi) is 5.81. The Bertz CT molecular complexity index is 991. The summed E-state index contributed by atoms with van der Waals surface area (Å²) in [4.78, 5) is 22.1. The molecule has 0 fully saturated rings. The number of rotatable bonds is 7. The molecule has 142 valence electrons. The third-order valence-corrected chi connectivity index (χ3v) is 3.91. The van der Waals surface area contributed by atoms with Crippen LogP contribution in [-0.2, 0) is 11.3 Å². The number of hydrogen-bond acceptors (Lipinski definition) is 6. The van der Waals surface area contributed by atoms with Crippen LogP contribution in [0.3, 0.4) is 0 Å². The lowest BCUT2D eigenvalue weighted by molar-refractivity contribution is -0.384. The highest BCUT2D eigenvalue weighted by Gasteiger charge is 2.08. The van der Waals surface area contributed by atoms with Gasteiger partial charge in [0.2, 0.25) is 5.91 Å². The second-order valence-corrected chi connectivity index (χ2v) is 5.81. The first-order valence-electron chi connectivity index (χ1n) is 8.35. The van der Waals surface area contributed by atoms with Gasteiger partial charge in [-0.15, -0.1) is 0 Å². The van der Waals surface area contributed by atoms with Gasteiger partial charge in [0.15, 0.2) is 5.76 Å². The van der Waals surface area contributed by atoms with Crippen LogP contribution >= 0.6 is 0 Å². The number of nitro groups is 1. The van der Waals surface area contributed by atoms with Crippen LogP contribution in [0.15, 0.2) is 65.2 Å². The van der Waals surface area contributed by atoms with E-state index >= 15 is 0 Å². The third-order valence-electron chi connectivity index (χ3n) is 3.91. The molecule has 0 aliphatic carbocycles. The number of carbonyl (C=O) groups is 1. The zero-order valence-corrected chi connectivity index (χ0v) is 15.0. The number of carbonyl (C=O) groups excluding carboxylic acids is 1. The summed E-state index contributed by atoms with van der Waals surface area (Å²) in [5, 5.41) is 17.3.